The van der Waals surface area contributed by atoms with Crippen molar-refractivity contribution >= 4 is 33.4 Å². The number of rotatable bonds is 8. The lowest BCUT2D eigenvalue weighted by Gasteiger charge is -2.44. The lowest BCUT2D eigenvalue weighted by Crippen LogP contribution is -2.53. The molecule has 4 atom stereocenters. The van der Waals surface area contributed by atoms with Gasteiger partial charge in [0.15, 0.2) is 0 Å². The summed E-state index contributed by atoms with van der Waals surface area (Å²) in [5.41, 5.74) is 0.816. The molecule has 3 fully saturated rings. The number of halogens is 3. The number of carbonyl (C=O) groups excluding carboxylic acids is 1. The third-order valence-electron chi connectivity index (χ3n) is 10.7. The molecule has 0 spiro atoms. The number of piperidine rings is 1. The molecule has 47 heavy (non-hydrogen) atoms. The van der Waals surface area contributed by atoms with Crippen molar-refractivity contribution in [3.05, 3.63) is 29.0 Å². The summed E-state index contributed by atoms with van der Waals surface area (Å²) >= 11 is 1.08. The van der Waals surface area contributed by atoms with Crippen LogP contribution in [0.15, 0.2) is 24.2 Å². The van der Waals surface area contributed by atoms with E-state index >= 15 is 0 Å². The highest BCUT2D eigenvalue weighted by atomic mass is 32.1. The van der Waals surface area contributed by atoms with Gasteiger partial charge in [0, 0.05) is 95.9 Å². The fraction of sp³-hybridized carbons (Fsp3) is 0.697. The smallest absolute Gasteiger partial charge is 0.367 e. The molecule has 4 unspecified atom stereocenters. The molecule has 14 heteroatoms. The van der Waals surface area contributed by atoms with Crippen LogP contribution in [0.1, 0.15) is 37.5 Å². The fourth-order valence-electron chi connectivity index (χ4n) is 8.02. The molecule has 0 radical (unpaired) electrons. The van der Waals surface area contributed by atoms with Gasteiger partial charge >= 0.3 is 12.2 Å². The van der Waals surface area contributed by atoms with Crippen LogP contribution >= 0.6 is 11.3 Å². The number of urea groups is 1. The van der Waals surface area contributed by atoms with Crippen LogP contribution in [0.25, 0.3) is 10.2 Å². The average molecular weight is 674 g/mol. The number of thiophene rings is 1. The van der Waals surface area contributed by atoms with Gasteiger partial charge in [-0.2, -0.15) is 18.4 Å². The summed E-state index contributed by atoms with van der Waals surface area (Å²) in [7, 11) is 3.58. The second kappa shape index (κ2) is 14.1. The number of nitriles is 1. The minimum atomic E-state index is -4.25. The Morgan fingerprint density at radius 1 is 1.06 bits per heavy atom. The van der Waals surface area contributed by atoms with E-state index in [4.69, 9.17) is 0 Å². The number of amides is 2. The van der Waals surface area contributed by atoms with E-state index < -0.39 is 12.6 Å². The van der Waals surface area contributed by atoms with E-state index in [1.807, 2.05) is 4.90 Å². The predicted octanol–water partition coefficient (Wildman–Crippen LogP) is 4.73. The molecule has 256 valence electrons. The number of hydrogen-bond acceptors (Lipinski definition) is 9. The van der Waals surface area contributed by atoms with Crippen LogP contribution < -0.4 is 5.32 Å². The lowest BCUT2D eigenvalue weighted by atomic mass is 9.70. The van der Waals surface area contributed by atoms with Crippen LogP contribution in [0.5, 0.6) is 0 Å². The van der Waals surface area contributed by atoms with Gasteiger partial charge in [0.05, 0.1) is 11.8 Å². The van der Waals surface area contributed by atoms with E-state index in [1.54, 1.807) is 25.1 Å². The molecule has 2 amide bonds. The molecular weight excluding hydrogens is 627 g/mol. The lowest BCUT2D eigenvalue weighted by molar-refractivity contribution is -0.126. The molecule has 0 bridgehead atoms. The van der Waals surface area contributed by atoms with Crippen molar-refractivity contribution in [1.29, 1.82) is 5.26 Å². The molecule has 2 aromatic heterocycles. The molecule has 2 saturated heterocycles. The van der Waals surface area contributed by atoms with E-state index in [1.165, 1.54) is 6.33 Å². The molecule has 10 nitrogen and oxygen atoms in total. The zero-order valence-electron chi connectivity index (χ0n) is 27.5. The number of fused-ring (bicyclic) bond motifs is 2. The molecule has 1 aliphatic carbocycles. The summed E-state index contributed by atoms with van der Waals surface area (Å²) in [4.78, 5) is 32.6. The maximum atomic E-state index is 12.9. The zero-order chi connectivity index (χ0) is 33.3. The van der Waals surface area contributed by atoms with Gasteiger partial charge in [-0.25, -0.2) is 14.8 Å². The van der Waals surface area contributed by atoms with Crippen molar-refractivity contribution in [3.63, 3.8) is 0 Å². The number of piperazine rings is 1. The quantitative estimate of drug-likeness (QED) is 0.430. The maximum absolute atomic E-state index is 12.9. The van der Waals surface area contributed by atoms with Gasteiger partial charge < -0.3 is 24.9 Å². The first-order chi connectivity index (χ1) is 22.5. The van der Waals surface area contributed by atoms with Crippen molar-refractivity contribution in [3.8, 4) is 6.07 Å². The summed E-state index contributed by atoms with van der Waals surface area (Å²) in [6.45, 7) is 10.3. The van der Waals surface area contributed by atoms with Gasteiger partial charge in [0.2, 0.25) is 0 Å². The van der Waals surface area contributed by atoms with Gasteiger partial charge in [-0.15, -0.1) is 11.3 Å². The summed E-state index contributed by atoms with van der Waals surface area (Å²) in [6, 6.07) is 4.73. The Kier molecular flexibility index (Phi) is 10.2. The number of anilines is 1. The Morgan fingerprint density at radius 2 is 1.81 bits per heavy atom. The van der Waals surface area contributed by atoms with E-state index in [0.29, 0.717) is 39.8 Å². The number of likely N-dealkylation sites (tertiary alicyclic amines) is 1. The van der Waals surface area contributed by atoms with Gasteiger partial charge in [-0.1, -0.05) is 6.92 Å². The van der Waals surface area contributed by atoms with Gasteiger partial charge in [-0.05, 0) is 49.7 Å². The highest BCUT2D eigenvalue weighted by Crippen LogP contribution is 2.44. The van der Waals surface area contributed by atoms with Crippen LogP contribution in [0.3, 0.4) is 0 Å². The number of nitrogens with zero attached hydrogens (tertiary/aromatic N) is 8. The van der Waals surface area contributed by atoms with Gasteiger partial charge in [-0.3, -0.25) is 4.90 Å². The summed E-state index contributed by atoms with van der Waals surface area (Å²) < 4.78 is 38.8. The molecule has 1 N–H and O–H groups in total. The number of nitrogens with one attached hydrogen (secondary N) is 1. The number of allylic oxidation sites excluding steroid dienone is 1. The second-order valence-corrected chi connectivity index (χ2v) is 15.0. The topological polar surface area (TPSA) is 94.9 Å². The molecule has 3 aliphatic heterocycles. The molecule has 4 aliphatic rings. The number of hydrogen-bond donors (Lipinski definition) is 1. The van der Waals surface area contributed by atoms with Crippen LogP contribution in [0.2, 0.25) is 0 Å². The first-order valence-electron chi connectivity index (χ1n) is 16.8. The van der Waals surface area contributed by atoms with Crippen LogP contribution in [-0.2, 0) is 6.42 Å². The third-order valence-corrected chi connectivity index (χ3v) is 11.7. The average Bonchev–Trinajstić information content (AvgIpc) is 3.62. The SMILES string of the molecule is CC1C(CN2CCC(Nc3ncnc4sc(CC(F)(F)F)cc34)CC2)CCC2C1C=C(C#N)N2CCN1CCN(C(=O)N(C)C)CC1. The Hall–Kier alpha value is -3.15. The van der Waals surface area contributed by atoms with Crippen LogP contribution in [0.4, 0.5) is 23.8 Å². The summed E-state index contributed by atoms with van der Waals surface area (Å²) in [5.74, 6) is 2.05. The molecule has 2 aromatic rings. The van der Waals surface area contributed by atoms with E-state index in [2.05, 4.69) is 49.1 Å². The summed E-state index contributed by atoms with van der Waals surface area (Å²) in [6.07, 6.45) is 2.60. The van der Waals surface area contributed by atoms with Crippen LogP contribution in [0, 0.1) is 29.1 Å². The van der Waals surface area contributed by atoms with E-state index in [-0.39, 0.29) is 17.0 Å². The van der Waals surface area contributed by atoms with Gasteiger partial charge in [0.1, 0.15) is 28.7 Å². The highest BCUT2D eigenvalue weighted by Gasteiger charge is 2.44. The first-order valence-corrected chi connectivity index (χ1v) is 17.7. The van der Waals surface area contributed by atoms with Crippen LogP contribution in [-0.4, -0.2) is 132 Å². The normalized spacial score (nSPS) is 26.3. The Balaban J connectivity index is 0.974. The van der Waals surface area contributed by atoms with E-state index in [9.17, 15) is 23.2 Å². The molecule has 5 heterocycles. The monoisotopic (exact) mass is 673 g/mol. The summed E-state index contributed by atoms with van der Waals surface area (Å²) in [5, 5.41) is 14.2. The fourth-order valence-corrected chi connectivity index (χ4v) is 9.04. The number of aromatic nitrogens is 2. The standard InChI is InChI=1S/C33H46F3N9OS/c1-22-23(4-5-29-27(22)16-25(19-37)45(29)15-12-42-10-13-44(14-11-42)32(46)41(2)3)20-43-8-6-24(7-9-43)40-30-28-17-26(18-33(34,35)36)47-31(28)39-21-38-30/h16-17,21-24,27,29H,4-15,18,20H2,1-3H3,(H,38,39,40). The second-order valence-electron chi connectivity index (χ2n) is 13.9. The van der Waals surface area contributed by atoms with Gasteiger partial charge in [0.25, 0.3) is 0 Å². The highest BCUT2D eigenvalue weighted by molar-refractivity contribution is 7.18. The number of carbonyl (C=O) groups is 1. The maximum Gasteiger partial charge on any atom is 0.393 e. The Bertz CT molecular complexity index is 1470. The van der Waals surface area contributed by atoms with Crippen molar-refractivity contribution in [2.45, 2.75) is 57.3 Å². The zero-order valence-corrected chi connectivity index (χ0v) is 28.4. The number of alkyl halides is 3. The first kappa shape index (κ1) is 33.7. The largest absolute Gasteiger partial charge is 0.393 e. The molecule has 1 saturated carbocycles. The van der Waals surface area contributed by atoms with Crippen molar-refractivity contribution < 1.29 is 18.0 Å². The van der Waals surface area contributed by atoms with E-state index in [0.717, 1.165) is 102 Å². The molecular formula is C33H46F3N9OS. The van der Waals surface area contributed by atoms with Crippen molar-refractivity contribution in [2.75, 3.05) is 78.3 Å². The molecule has 0 aromatic carbocycles. The predicted molar refractivity (Wildman–Crippen MR) is 177 cm³/mol. The van der Waals surface area contributed by atoms with Crippen molar-refractivity contribution in [1.82, 2.24) is 34.5 Å². The Labute approximate surface area is 279 Å². The minimum absolute atomic E-state index is 0.0691. The molecule has 6 rings (SSSR count). The Morgan fingerprint density at radius 3 is 2.49 bits per heavy atom. The minimum Gasteiger partial charge on any atom is -0.367 e. The van der Waals surface area contributed by atoms with Crippen molar-refractivity contribution in [2.24, 2.45) is 17.8 Å². The third kappa shape index (κ3) is 7.78.